The average molecular weight is 236 g/mol. The van der Waals surface area contributed by atoms with Crippen LogP contribution in [0.1, 0.15) is 41.5 Å². The monoisotopic (exact) mass is 236 g/mol. The summed E-state index contributed by atoms with van der Waals surface area (Å²) in [6.07, 6.45) is 4.14. The van der Waals surface area contributed by atoms with Crippen LogP contribution in [0.25, 0.3) is 0 Å². The van der Waals surface area contributed by atoms with Gasteiger partial charge in [-0.15, -0.1) is 0 Å². The zero-order valence-corrected chi connectivity index (χ0v) is 12.7. The Morgan fingerprint density at radius 1 is 0.714 bits per heavy atom. The maximum atomic E-state index is 5.08. The van der Waals surface area contributed by atoms with E-state index in [2.05, 4.69) is 41.5 Å². The normalized spacial score (nSPS) is 14.4. The Labute approximate surface area is 96.7 Å². The van der Waals surface area contributed by atoms with Gasteiger partial charge in [0, 0.05) is 0 Å². The predicted molar refractivity (Wildman–Crippen MR) is 76.4 cm³/mol. The van der Waals surface area contributed by atoms with Crippen LogP contribution in [0.3, 0.4) is 0 Å². The zero-order valence-electron chi connectivity index (χ0n) is 10.8. The summed E-state index contributed by atoms with van der Waals surface area (Å²) in [6, 6.07) is 0. The number of hydrogen-bond donors (Lipinski definition) is 1. The van der Waals surface area contributed by atoms with Crippen molar-refractivity contribution in [1.29, 1.82) is 0 Å². The van der Waals surface area contributed by atoms with Crippen LogP contribution in [0.5, 0.6) is 0 Å². The molecule has 0 aromatic carbocycles. The van der Waals surface area contributed by atoms with Crippen molar-refractivity contribution in [2.45, 2.75) is 41.5 Å². The van der Waals surface area contributed by atoms with Crippen LogP contribution in [-0.4, -0.2) is 18.5 Å². The van der Waals surface area contributed by atoms with Gasteiger partial charge in [-0.2, -0.15) is 0 Å². The fourth-order valence-corrected chi connectivity index (χ4v) is 10.9. The molecule has 0 N–H and O–H groups in total. The Bertz CT molecular complexity index is 126. The van der Waals surface area contributed by atoms with E-state index in [0.29, 0.717) is 0 Å². The van der Waals surface area contributed by atoms with Gasteiger partial charge in [-0.1, -0.05) is 0 Å². The molecule has 0 aromatic rings. The molecule has 0 aliphatic heterocycles. The summed E-state index contributed by atoms with van der Waals surface area (Å²) in [4.78, 5) is 0. The Balaban J connectivity index is 4.32. The second-order valence-corrected chi connectivity index (χ2v) is 12.5. The predicted octanol–water partition coefficient (Wildman–Crippen LogP) is 4.55. The standard InChI is InChI=1S/C12H29PS/c1-10(2)7-13(14,8-11(3)4)9-12(5)6/h10-14H,7-9H2,1-6H3. The average Bonchev–Trinajstić information content (AvgIpc) is 1.76. The molecule has 0 saturated heterocycles. The molecule has 0 amide bonds. The Hall–Kier alpha value is 0.780. The molecule has 0 unspecified atom stereocenters. The number of rotatable bonds is 6. The summed E-state index contributed by atoms with van der Waals surface area (Å²) in [7, 11) is 0. The third kappa shape index (κ3) is 7.12. The Morgan fingerprint density at radius 3 is 1.07 bits per heavy atom. The van der Waals surface area contributed by atoms with Crippen LogP contribution in [0.2, 0.25) is 0 Å². The number of thiol groups is 1. The second kappa shape index (κ2) is 6.38. The van der Waals surface area contributed by atoms with Crippen molar-refractivity contribution in [3.63, 3.8) is 0 Å². The van der Waals surface area contributed by atoms with Crippen molar-refractivity contribution < 1.29 is 0 Å². The van der Waals surface area contributed by atoms with Crippen molar-refractivity contribution in [3.05, 3.63) is 0 Å². The van der Waals surface area contributed by atoms with Gasteiger partial charge in [-0.3, -0.25) is 0 Å². The van der Waals surface area contributed by atoms with E-state index in [1.807, 2.05) is 0 Å². The summed E-state index contributed by atoms with van der Waals surface area (Å²) in [5.74, 6) is 2.45. The molecule has 0 rings (SSSR count). The Kier molecular flexibility index (Phi) is 6.74. The van der Waals surface area contributed by atoms with Gasteiger partial charge in [-0.05, 0) is 0 Å². The van der Waals surface area contributed by atoms with Crippen LogP contribution in [0, 0.1) is 17.8 Å². The van der Waals surface area contributed by atoms with Crippen LogP contribution in [0.15, 0.2) is 0 Å². The Morgan fingerprint density at radius 2 is 0.929 bits per heavy atom. The summed E-state index contributed by atoms with van der Waals surface area (Å²) in [6.45, 7) is 12.7. The molecule has 0 bridgehead atoms. The third-order valence-electron chi connectivity index (χ3n) is 2.36. The van der Waals surface area contributed by atoms with Gasteiger partial charge < -0.3 is 0 Å². The summed E-state index contributed by atoms with van der Waals surface area (Å²) in [5.41, 5.74) is 0. The van der Waals surface area contributed by atoms with Crippen LogP contribution in [0.4, 0.5) is 0 Å². The molecule has 0 saturated carbocycles. The van der Waals surface area contributed by atoms with E-state index >= 15 is 0 Å². The van der Waals surface area contributed by atoms with Gasteiger partial charge in [-0.25, -0.2) is 0 Å². The molecule has 0 heterocycles. The van der Waals surface area contributed by atoms with Gasteiger partial charge in [0.15, 0.2) is 0 Å². The number of hydrogen-bond acceptors (Lipinski definition) is 1. The second-order valence-electron chi connectivity index (χ2n) is 6.02. The minimum atomic E-state index is -1.24. The van der Waals surface area contributed by atoms with Gasteiger partial charge in [0.2, 0.25) is 0 Å². The van der Waals surface area contributed by atoms with Gasteiger partial charge >= 0.3 is 96.5 Å². The van der Waals surface area contributed by atoms with E-state index < -0.39 is 6.46 Å². The van der Waals surface area contributed by atoms with Gasteiger partial charge in [0.25, 0.3) is 0 Å². The molecular formula is C12H29PS. The van der Waals surface area contributed by atoms with Crippen molar-refractivity contribution in [2.75, 3.05) is 18.5 Å². The van der Waals surface area contributed by atoms with Crippen molar-refractivity contribution >= 4 is 18.7 Å². The minimum absolute atomic E-state index is 0.816. The summed E-state index contributed by atoms with van der Waals surface area (Å²) < 4.78 is 0. The first-order chi connectivity index (χ1) is 6.25. The molecule has 88 valence electrons. The quantitative estimate of drug-likeness (QED) is 0.507. The summed E-state index contributed by atoms with van der Waals surface area (Å²) >= 11 is 5.08. The van der Waals surface area contributed by atoms with Crippen LogP contribution in [-0.2, 0) is 0 Å². The van der Waals surface area contributed by atoms with Crippen LogP contribution < -0.4 is 0 Å². The van der Waals surface area contributed by atoms with Crippen molar-refractivity contribution in [1.82, 2.24) is 0 Å². The first-order valence-corrected chi connectivity index (χ1v) is 9.88. The third-order valence-corrected chi connectivity index (χ3v) is 8.74. The molecule has 0 aromatic heterocycles. The first-order valence-electron chi connectivity index (χ1n) is 5.97. The molecular weight excluding hydrogens is 207 g/mol. The molecule has 0 aliphatic rings. The molecule has 0 aliphatic carbocycles. The molecule has 0 spiro atoms. The zero-order chi connectivity index (χ0) is 11.4. The van der Waals surface area contributed by atoms with Gasteiger partial charge in [0.1, 0.15) is 0 Å². The molecule has 0 nitrogen and oxygen atoms in total. The van der Waals surface area contributed by atoms with E-state index in [1.54, 1.807) is 0 Å². The summed E-state index contributed by atoms with van der Waals surface area (Å²) in [5, 5.41) is 0. The van der Waals surface area contributed by atoms with Crippen molar-refractivity contribution in [2.24, 2.45) is 17.8 Å². The topological polar surface area (TPSA) is 0 Å². The first kappa shape index (κ1) is 14.8. The SMILES string of the molecule is CC(C)C[PH](S)(CC(C)C)CC(C)C. The van der Waals surface area contributed by atoms with E-state index in [4.69, 9.17) is 12.2 Å². The molecule has 14 heavy (non-hydrogen) atoms. The molecule has 0 radical (unpaired) electrons. The van der Waals surface area contributed by atoms with E-state index in [9.17, 15) is 0 Å². The fraction of sp³-hybridized carbons (Fsp3) is 1.00. The van der Waals surface area contributed by atoms with E-state index in [0.717, 1.165) is 17.8 Å². The molecule has 0 fully saturated rings. The van der Waals surface area contributed by atoms with Gasteiger partial charge in [0.05, 0.1) is 0 Å². The van der Waals surface area contributed by atoms with Crippen molar-refractivity contribution in [3.8, 4) is 0 Å². The maximum absolute atomic E-state index is 5.08. The molecule has 2 heteroatoms. The van der Waals surface area contributed by atoms with Crippen LogP contribution >= 0.6 is 18.7 Å². The molecule has 0 atom stereocenters. The van der Waals surface area contributed by atoms with E-state index in [1.165, 1.54) is 18.5 Å². The fourth-order valence-electron chi connectivity index (χ4n) is 2.53. The van der Waals surface area contributed by atoms with E-state index in [-0.39, 0.29) is 0 Å².